The molecule has 0 aliphatic heterocycles. The smallest absolute Gasteiger partial charge is 0.164 e. The highest BCUT2D eigenvalue weighted by atomic mass is 32.1. The molecule has 62 heavy (non-hydrogen) atoms. The van der Waals surface area contributed by atoms with Crippen LogP contribution in [-0.4, -0.2) is 15.0 Å². The van der Waals surface area contributed by atoms with Crippen molar-refractivity contribution in [2.45, 2.75) is 5.41 Å². The van der Waals surface area contributed by atoms with E-state index in [4.69, 9.17) is 15.0 Å². The van der Waals surface area contributed by atoms with E-state index in [1.807, 2.05) is 18.2 Å². The zero-order valence-electron chi connectivity index (χ0n) is 33.5. The summed E-state index contributed by atoms with van der Waals surface area (Å²) in [5.74, 6) is 1.95. The van der Waals surface area contributed by atoms with Gasteiger partial charge in [-0.15, -0.1) is 11.3 Å². The Hall–Kier alpha value is -7.79. The molecule has 2 aliphatic carbocycles. The summed E-state index contributed by atoms with van der Waals surface area (Å²) in [5.41, 5.74) is 17.7. The molecule has 1 spiro atoms. The highest BCUT2D eigenvalue weighted by Crippen LogP contribution is 2.63. The lowest BCUT2D eigenvalue weighted by Gasteiger charge is -2.30. The lowest BCUT2D eigenvalue weighted by Crippen LogP contribution is -2.25. The molecule has 2 heterocycles. The van der Waals surface area contributed by atoms with Crippen molar-refractivity contribution in [1.82, 2.24) is 15.0 Å². The fourth-order valence-corrected chi connectivity index (χ4v) is 11.4. The fourth-order valence-electron chi connectivity index (χ4n) is 10.2. The lowest BCUT2D eigenvalue weighted by atomic mass is 9.70. The summed E-state index contributed by atoms with van der Waals surface area (Å²) in [6, 6.07) is 76.9. The predicted octanol–water partition coefficient (Wildman–Crippen LogP) is 14.9. The highest BCUT2D eigenvalue weighted by molar-refractivity contribution is 7.25. The van der Waals surface area contributed by atoms with Crippen molar-refractivity contribution >= 4 is 31.5 Å². The van der Waals surface area contributed by atoms with Gasteiger partial charge in [-0.1, -0.05) is 182 Å². The minimum atomic E-state index is -0.382. The molecule has 9 aromatic carbocycles. The summed E-state index contributed by atoms with van der Waals surface area (Å²) >= 11 is 1.80. The van der Waals surface area contributed by atoms with Crippen LogP contribution in [0.5, 0.6) is 0 Å². The van der Waals surface area contributed by atoms with Crippen molar-refractivity contribution < 1.29 is 0 Å². The van der Waals surface area contributed by atoms with Crippen LogP contribution in [0.25, 0.3) is 98.8 Å². The van der Waals surface area contributed by atoms with E-state index in [1.165, 1.54) is 75.8 Å². The van der Waals surface area contributed by atoms with Gasteiger partial charge in [0.25, 0.3) is 0 Å². The summed E-state index contributed by atoms with van der Waals surface area (Å²) in [4.78, 5) is 15.3. The first-order chi connectivity index (χ1) is 30.7. The van der Waals surface area contributed by atoms with Gasteiger partial charge in [0.2, 0.25) is 0 Å². The van der Waals surface area contributed by atoms with Gasteiger partial charge < -0.3 is 0 Å². The largest absolute Gasteiger partial charge is 0.208 e. The molecule has 13 rings (SSSR count). The van der Waals surface area contributed by atoms with E-state index in [1.54, 1.807) is 11.3 Å². The number of aromatic nitrogens is 3. The van der Waals surface area contributed by atoms with Gasteiger partial charge in [-0.05, 0) is 97.1 Å². The Kier molecular flexibility index (Phi) is 7.69. The Labute approximate surface area is 363 Å². The lowest BCUT2D eigenvalue weighted by molar-refractivity contribution is 0.794. The van der Waals surface area contributed by atoms with Crippen molar-refractivity contribution in [3.63, 3.8) is 0 Å². The molecule has 0 fully saturated rings. The van der Waals surface area contributed by atoms with Crippen LogP contribution >= 0.6 is 11.3 Å². The first-order valence-corrected chi connectivity index (χ1v) is 21.9. The molecule has 0 saturated carbocycles. The molecule has 0 amide bonds. The summed E-state index contributed by atoms with van der Waals surface area (Å²) in [6.45, 7) is 0. The quantitative estimate of drug-likeness (QED) is 0.174. The Morgan fingerprint density at radius 1 is 0.274 bits per heavy atom. The first kappa shape index (κ1) is 35.0. The molecule has 288 valence electrons. The van der Waals surface area contributed by atoms with Gasteiger partial charge in [0.05, 0.1) is 5.41 Å². The zero-order chi connectivity index (χ0) is 40.8. The van der Waals surface area contributed by atoms with Crippen LogP contribution in [0.1, 0.15) is 22.3 Å². The topological polar surface area (TPSA) is 38.7 Å². The predicted molar refractivity (Wildman–Crippen MR) is 256 cm³/mol. The summed E-state index contributed by atoms with van der Waals surface area (Å²) in [6.07, 6.45) is 0. The monoisotopic (exact) mass is 805 g/mol. The van der Waals surface area contributed by atoms with Gasteiger partial charge in [-0.2, -0.15) is 0 Å². The average molecular weight is 806 g/mol. The van der Waals surface area contributed by atoms with Crippen LogP contribution in [0.4, 0.5) is 0 Å². The third-order valence-electron chi connectivity index (χ3n) is 13.0. The van der Waals surface area contributed by atoms with Crippen molar-refractivity contribution in [3.8, 4) is 78.7 Å². The van der Waals surface area contributed by atoms with E-state index in [9.17, 15) is 0 Å². The van der Waals surface area contributed by atoms with E-state index >= 15 is 0 Å². The maximum absolute atomic E-state index is 5.16. The van der Waals surface area contributed by atoms with Gasteiger partial charge in [-0.3, -0.25) is 0 Å². The molecule has 2 aliphatic rings. The second kappa shape index (κ2) is 13.6. The van der Waals surface area contributed by atoms with E-state index in [0.717, 1.165) is 27.8 Å². The Morgan fingerprint density at radius 2 is 0.710 bits per heavy atom. The van der Waals surface area contributed by atoms with E-state index < -0.39 is 0 Å². The molecule has 0 radical (unpaired) electrons. The number of rotatable bonds is 5. The number of benzene rings is 9. The molecule has 2 aromatic heterocycles. The summed E-state index contributed by atoms with van der Waals surface area (Å²) in [5, 5.41) is 2.53. The highest BCUT2D eigenvalue weighted by Gasteiger charge is 2.51. The van der Waals surface area contributed by atoms with Crippen LogP contribution in [-0.2, 0) is 5.41 Å². The van der Waals surface area contributed by atoms with Crippen LogP contribution in [0.3, 0.4) is 0 Å². The molecule has 11 aromatic rings. The molecule has 0 N–H and O–H groups in total. The van der Waals surface area contributed by atoms with E-state index in [0.29, 0.717) is 17.5 Å². The SMILES string of the molecule is c1ccc(-c2nc(-c3cccc(-c4cccc(-c5ccc6c(c5)C5(c7ccccc7-c7ccccc75)c5ccccc5-6)c4)c3)nc(-c3ccc4c(c3)sc3ccccc34)n2)cc1. The molecule has 3 nitrogen and oxygen atoms in total. The Bertz CT molecular complexity index is 3540. The van der Waals surface area contributed by atoms with Crippen LogP contribution < -0.4 is 0 Å². The van der Waals surface area contributed by atoms with Crippen molar-refractivity contribution in [3.05, 3.63) is 235 Å². The molecule has 4 heteroatoms. The number of fused-ring (bicyclic) bond motifs is 13. The first-order valence-electron chi connectivity index (χ1n) is 21.1. The zero-order valence-corrected chi connectivity index (χ0v) is 34.3. The Balaban J connectivity index is 0.914. The minimum absolute atomic E-state index is 0.382. The fraction of sp³-hybridized carbons (Fsp3) is 0.0172. The molecule has 0 unspecified atom stereocenters. The van der Waals surface area contributed by atoms with Crippen LogP contribution in [0, 0.1) is 0 Å². The van der Waals surface area contributed by atoms with Gasteiger partial charge >= 0.3 is 0 Å². The van der Waals surface area contributed by atoms with E-state index in [-0.39, 0.29) is 5.41 Å². The number of nitrogens with zero attached hydrogens (tertiary/aromatic N) is 3. The Morgan fingerprint density at radius 3 is 1.35 bits per heavy atom. The number of thiophene rings is 1. The molecule has 0 bridgehead atoms. The van der Waals surface area contributed by atoms with Gasteiger partial charge in [0.15, 0.2) is 17.5 Å². The van der Waals surface area contributed by atoms with E-state index in [2.05, 4.69) is 194 Å². The maximum atomic E-state index is 5.16. The summed E-state index contributed by atoms with van der Waals surface area (Å²) < 4.78 is 2.49. The second-order valence-electron chi connectivity index (χ2n) is 16.3. The number of hydrogen-bond acceptors (Lipinski definition) is 4. The van der Waals surface area contributed by atoms with Crippen molar-refractivity contribution in [2.24, 2.45) is 0 Å². The summed E-state index contributed by atoms with van der Waals surface area (Å²) in [7, 11) is 0. The maximum Gasteiger partial charge on any atom is 0.164 e. The van der Waals surface area contributed by atoms with Crippen molar-refractivity contribution in [2.75, 3.05) is 0 Å². The molecular formula is C58H35N3S. The minimum Gasteiger partial charge on any atom is -0.208 e. The van der Waals surface area contributed by atoms with Crippen LogP contribution in [0.2, 0.25) is 0 Å². The average Bonchev–Trinajstić information content (AvgIpc) is 3.98. The van der Waals surface area contributed by atoms with Crippen LogP contribution in [0.15, 0.2) is 212 Å². The van der Waals surface area contributed by atoms with Gasteiger partial charge in [0.1, 0.15) is 0 Å². The third kappa shape index (κ3) is 5.20. The van der Waals surface area contributed by atoms with Gasteiger partial charge in [-0.25, -0.2) is 15.0 Å². The standard InChI is InChI=1S/C58H35N3S/c1-2-14-36(15-3-1)55-59-56(61-57(60-55)42-29-31-48-47-23-7-11-27-53(47)62-54(48)35-42)41-19-13-18-39(33-41)37-16-12-17-38(32-37)40-28-30-46-45-22-6-10-26-51(45)58(52(46)34-40)49-24-8-4-20-43(49)44-21-5-9-25-50(44)58/h1-35H. The molecule has 0 atom stereocenters. The van der Waals surface area contributed by atoms with Crippen molar-refractivity contribution in [1.29, 1.82) is 0 Å². The third-order valence-corrected chi connectivity index (χ3v) is 14.1. The number of hydrogen-bond donors (Lipinski definition) is 0. The second-order valence-corrected chi connectivity index (χ2v) is 17.4. The van der Waals surface area contributed by atoms with Gasteiger partial charge in [0, 0.05) is 36.9 Å². The normalized spacial score (nSPS) is 13.0. The molecule has 0 saturated heterocycles. The molecular weight excluding hydrogens is 771 g/mol.